The van der Waals surface area contributed by atoms with E-state index >= 15 is 0 Å². The first-order chi connectivity index (χ1) is 11.3. The molecule has 0 aliphatic heterocycles. The number of hydrogen-bond acceptors (Lipinski definition) is 6. The van der Waals surface area contributed by atoms with E-state index in [1.807, 2.05) is 24.4 Å². The largest absolute Gasteiger partial charge is 0.383 e. The predicted molar refractivity (Wildman–Crippen MR) is 87.1 cm³/mol. The fourth-order valence-electron chi connectivity index (χ4n) is 2.54. The molecule has 4 rings (SSSR count). The smallest absolute Gasteiger partial charge is 0.201 e. The molecule has 0 aliphatic carbocycles. The number of nitrogens with one attached hydrogen (secondary N) is 3. The van der Waals surface area contributed by atoms with Gasteiger partial charge in [0.05, 0.1) is 6.61 Å². The van der Waals surface area contributed by atoms with Crippen molar-refractivity contribution in [3.05, 3.63) is 30.6 Å². The van der Waals surface area contributed by atoms with Gasteiger partial charge in [-0.1, -0.05) is 0 Å². The summed E-state index contributed by atoms with van der Waals surface area (Å²) in [5.74, 6) is 0.784. The second kappa shape index (κ2) is 5.65. The third-order valence-corrected chi connectivity index (χ3v) is 3.63. The van der Waals surface area contributed by atoms with Crippen LogP contribution in [0.15, 0.2) is 30.6 Å². The topological polar surface area (TPSA) is 104 Å². The van der Waals surface area contributed by atoms with Crippen LogP contribution in [0.3, 0.4) is 0 Å². The lowest BCUT2D eigenvalue weighted by molar-refractivity contribution is 0.210. The fraction of sp³-hybridized carbons (Fsp3) is 0.200. The molecule has 116 valence electrons. The highest BCUT2D eigenvalue weighted by atomic mass is 16.5. The lowest BCUT2D eigenvalue weighted by Crippen LogP contribution is -2.08. The van der Waals surface area contributed by atoms with Crippen molar-refractivity contribution in [3.63, 3.8) is 0 Å². The SMILES string of the molecule is COCCNc1cc(-c2cnc3n[nH]nc3c2)c2cc[nH]c2n1. The molecular weight excluding hydrogens is 294 g/mol. The van der Waals surface area contributed by atoms with Gasteiger partial charge in [-0.3, -0.25) is 0 Å². The number of H-pyrrole nitrogens is 2. The Morgan fingerprint density at radius 3 is 3.13 bits per heavy atom. The molecule has 8 nitrogen and oxygen atoms in total. The molecule has 0 amide bonds. The molecule has 0 bridgehead atoms. The highest BCUT2D eigenvalue weighted by molar-refractivity contribution is 5.95. The molecule has 3 N–H and O–H groups in total. The summed E-state index contributed by atoms with van der Waals surface area (Å²) in [6.07, 6.45) is 3.67. The van der Waals surface area contributed by atoms with E-state index in [0.717, 1.165) is 33.5 Å². The van der Waals surface area contributed by atoms with Crippen molar-refractivity contribution < 1.29 is 4.74 Å². The third-order valence-electron chi connectivity index (χ3n) is 3.63. The molecule has 0 aromatic carbocycles. The Kier molecular flexibility index (Phi) is 3.35. The number of aromatic nitrogens is 6. The highest BCUT2D eigenvalue weighted by Crippen LogP contribution is 2.30. The number of fused-ring (bicyclic) bond motifs is 2. The van der Waals surface area contributed by atoms with Crippen LogP contribution in [0.1, 0.15) is 0 Å². The van der Waals surface area contributed by atoms with Gasteiger partial charge in [0.2, 0.25) is 5.65 Å². The number of aromatic amines is 2. The van der Waals surface area contributed by atoms with Crippen LogP contribution in [0.25, 0.3) is 33.3 Å². The van der Waals surface area contributed by atoms with E-state index in [1.54, 1.807) is 13.3 Å². The molecule has 0 saturated heterocycles. The van der Waals surface area contributed by atoms with Gasteiger partial charge in [-0.05, 0) is 23.8 Å². The highest BCUT2D eigenvalue weighted by Gasteiger charge is 2.11. The number of ether oxygens (including phenoxy) is 1. The molecule has 4 heterocycles. The predicted octanol–water partition coefficient (Wildman–Crippen LogP) is 1.95. The van der Waals surface area contributed by atoms with Gasteiger partial charge < -0.3 is 15.0 Å². The van der Waals surface area contributed by atoms with Crippen LogP contribution >= 0.6 is 0 Å². The van der Waals surface area contributed by atoms with Crippen molar-refractivity contribution in [2.45, 2.75) is 0 Å². The fourth-order valence-corrected chi connectivity index (χ4v) is 2.54. The average molecular weight is 309 g/mol. The molecule has 23 heavy (non-hydrogen) atoms. The van der Waals surface area contributed by atoms with Crippen LogP contribution in [-0.4, -0.2) is 50.6 Å². The van der Waals surface area contributed by atoms with E-state index in [9.17, 15) is 0 Å². The lowest BCUT2D eigenvalue weighted by atomic mass is 10.1. The number of nitrogens with zero attached hydrogens (tertiary/aromatic N) is 4. The van der Waals surface area contributed by atoms with Gasteiger partial charge in [-0.15, -0.1) is 5.10 Å². The van der Waals surface area contributed by atoms with Gasteiger partial charge in [0, 0.05) is 37.0 Å². The molecule has 4 aromatic heterocycles. The third kappa shape index (κ3) is 2.49. The van der Waals surface area contributed by atoms with Crippen molar-refractivity contribution in [2.75, 3.05) is 25.6 Å². The number of anilines is 1. The Labute approximate surface area is 131 Å². The van der Waals surface area contributed by atoms with Crippen LogP contribution in [0, 0.1) is 0 Å². The zero-order valence-corrected chi connectivity index (χ0v) is 12.5. The summed E-state index contributed by atoms with van der Waals surface area (Å²) in [4.78, 5) is 12.1. The van der Waals surface area contributed by atoms with Crippen LogP contribution < -0.4 is 5.32 Å². The first-order valence-corrected chi connectivity index (χ1v) is 7.23. The van der Waals surface area contributed by atoms with Gasteiger partial charge in [0.1, 0.15) is 17.0 Å². The summed E-state index contributed by atoms with van der Waals surface area (Å²) in [5, 5.41) is 15.0. The molecule has 4 aromatic rings. The van der Waals surface area contributed by atoms with Gasteiger partial charge in [-0.25, -0.2) is 9.97 Å². The first-order valence-electron chi connectivity index (χ1n) is 7.23. The summed E-state index contributed by atoms with van der Waals surface area (Å²) < 4.78 is 5.06. The Bertz CT molecular complexity index is 959. The number of hydrogen-bond donors (Lipinski definition) is 3. The van der Waals surface area contributed by atoms with E-state index in [1.165, 1.54) is 0 Å². The molecule has 0 unspecified atom stereocenters. The summed E-state index contributed by atoms with van der Waals surface area (Å²) in [6, 6.07) is 5.98. The molecular formula is C15H15N7O. The average Bonchev–Trinajstić information content (AvgIpc) is 3.22. The number of rotatable bonds is 5. The van der Waals surface area contributed by atoms with E-state index < -0.39 is 0 Å². The maximum absolute atomic E-state index is 5.06. The van der Waals surface area contributed by atoms with Crippen molar-refractivity contribution in [1.29, 1.82) is 0 Å². The Morgan fingerprint density at radius 2 is 2.22 bits per heavy atom. The minimum absolute atomic E-state index is 0.603. The molecule has 8 heteroatoms. The Hall–Kier alpha value is -3.00. The normalized spacial score (nSPS) is 11.3. The van der Waals surface area contributed by atoms with Crippen LogP contribution in [0.4, 0.5) is 5.82 Å². The quantitative estimate of drug-likeness (QED) is 0.487. The van der Waals surface area contributed by atoms with Crippen LogP contribution in [-0.2, 0) is 4.74 Å². The molecule has 0 saturated carbocycles. The first kappa shape index (κ1) is 13.6. The van der Waals surface area contributed by atoms with E-state index in [2.05, 4.69) is 35.7 Å². The molecule has 0 radical (unpaired) electrons. The van der Waals surface area contributed by atoms with Crippen LogP contribution in [0.5, 0.6) is 0 Å². The lowest BCUT2D eigenvalue weighted by Gasteiger charge is -2.09. The van der Waals surface area contributed by atoms with Crippen molar-refractivity contribution in [2.24, 2.45) is 0 Å². The van der Waals surface area contributed by atoms with E-state index in [-0.39, 0.29) is 0 Å². The molecule has 0 atom stereocenters. The molecule has 0 spiro atoms. The van der Waals surface area contributed by atoms with Gasteiger partial charge in [0.25, 0.3) is 0 Å². The van der Waals surface area contributed by atoms with Gasteiger partial charge in [0.15, 0.2) is 0 Å². The van der Waals surface area contributed by atoms with Crippen LogP contribution in [0.2, 0.25) is 0 Å². The zero-order valence-electron chi connectivity index (χ0n) is 12.5. The summed E-state index contributed by atoms with van der Waals surface area (Å²) >= 11 is 0. The van der Waals surface area contributed by atoms with E-state index in [0.29, 0.717) is 18.8 Å². The summed E-state index contributed by atoms with van der Waals surface area (Å²) in [7, 11) is 1.67. The minimum Gasteiger partial charge on any atom is -0.383 e. The number of pyridine rings is 2. The summed E-state index contributed by atoms with van der Waals surface area (Å²) in [5.41, 5.74) is 4.16. The van der Waals surface area contributed by atoms with Gasteiger partial charge in [-0.2, -0.15) is 10.3 Å². The van der Waals surface area contributed by atoms with Crippen molar-refractivity contribution in [3.8, 4) is 11.1 Å². The van der Waals surface area contributed by atoms with E-state index in [4.69, 9.17) is 4.74 Å². The van der Waals surface area contributed by atoms with Crippen molar-refractivity contribution >= 4 is 28.0 Å². The molecule has 0 fully saturated rings. The standard InChI is InChI=1S/C15H15N7O/c1-23-5-4-16-13-7-11(10-2-3-17-14(10)19-13)9-6-12-15(18-8-9)21-22-20-12/h2-3,6-8H,4-5H2,1H3,(H2,16,17,19)(H,18,20,21,22). The second-order valence-corrected chi connectivity index (χ2v) is 5.10. The number of methoxy groups -OCH3 is 1. The van der Waals surface area contributed by atoms with Gasteiger partial charge >= 0.3 is 0 Å². The maximum atomic E-state index is 5.06. The zero-order chi connectivity index (χ0) is 15.6. The second-order valence-electron chi connectivity index (χ2n) is 5.10. The monoisotopic (exact) mass is 309 g/mol. The van der Waals surface area contributed by atoms with Crippen molar-refractivity contribution in [1.82, 2.24) is 30.4 Å². The molecule has 0 aliphatic rings. The summed E-state index contributed by atoms with van der Waals surface area (Å²) in [6.45, 7) is 1.31. The minimum atomic E-state index is 0.603. The Morgan fingerprint density at radius 1 is 1.26 bits per heavy atom. The Balaban J connectivity index is 1.81. The maximum Gasteiger partial charge on any atom is 0.201 e.